The van der Waals surface area contributed by atoms with Crippen LogP contribution in [0.5, 0.6) is 0 Å². The van der Waals surface area contributed by atoms with Gasteiger partial charge in [0.1, 0.15) is 0 Å². The molecule has 1 saturated heterocycles. The van der Waals surface area contributed by atoms with Crippen LogP contribution in [0.2, 0.25) is 0 Å². The van der Waals surface area contributed by atoms with Gasteiger partial charge in [-0.2, -0.15) is 17.4 Å². The topological polar surface area (TPSA) is 86.7 Å². The minimum Gasteiger partial charge on any atom is -0.478 e. The second-order valence-electron chi connectivity index (χ2n) is 6.20. The van der Waals surface area contributed by atoms with E-state index in [4.69, 9.17) is 5.11 Å². The molecular weight excluding hydrogens is 304 g/mol. The highest BCUT2D eigenvalue weighted by Gasteiger charge is 2.43. The molecule has 0 unspecified atom stereocenters. The highest BCUT2D eigenvalue weighted by Crippen LogP contribution is 2.41. The largest absolute Gasteiger partial charge is 0.478 e. The molecule has 1 aromatic carbocycles. The molecule has 0 amide bonds. The Morgan fingerprint density at radius 2 is 1.95 bits per heavy atom. The number of nitrogens with zero attached hydrogens (tertiary/aromatic N) is 1. The zero-order valence-corrected chi connectivity index (χ0v) is 13.3. The fourth-order valence-corrected chi connectivity index (χ4v) is 4.56. The van der Waals surface area contributed by atoms with Crippen molar-refractivity contribution in [2.45, 2.75) is 26.3 Å². The molecule has 1 aliphatic heterocycles. The van der Waals surface area contributed by atoms with Crippen LogP contribution in [-0.4, -0.2) is 36.9 Å². The maximum atomic E-state index is 12.3. The fourth-order valence-electron chi connectivity index (χ4n) is 3.25. The Bertz CT molecular complexity index is 689. The van der Waals surface area contributed by atoms with Gasteiger partial charge in [0.25, 0.3) is 10.2 Å². The summed E-state index contributed by atoms with van der Waals surface area (Å²) in [4.78, 5) is 11.0. The number of rotatable bonds is 5. The van der Waals surface area contributed by atoms with Crippen molar-refractivity contribution in [2.75, 3.05) is 13.1 Å². The molecule has 7 heteroatoms. The lowest BCUT2D eigenvalue weighted by Crippen LogP contribution is -2.39. The Kier molecular flexibility index (Phi) is 3.96. The highest BCUT2D eigenvalue weighted by atomic mass is 32.2. The molecule has 1 aliphatic carbocycles. The lowest BCUT2D eigenvalue weighted by molar-refractivity contribution is 0.0696. The van der Waals surface area contributed by atoms with Gasteiger partial charge in [0.2, 0.25) is 0 Å². The summed E-state index contributed by atoms with van der Waals surface area (Å²) in [6.45, 7) is 3.13. The number of aromatic carboxylic acids is 1. The molecule has 1 aromatic rings. The lowest BCUT2D eigenvalue weighted by Gasteiger charge is -2.27. The van der Waals surface area contributed by atoms with Crippen LogP contribution >= 0.6 is 0 Å². The number of hydrogen-bond donors (Lipinski definition) is 2. The third kappa shape index (κ3) is 2.88. The SMILES string of the molecule is Cc1cc(CNS(=O)(=O)N2C[C@H]3CC[C@H]3C2)ccc1C(=O)O. The van der Waals surface area contributed by atoms with Crippen molar-refractivity contribution < 1.29 is 18.3 Å². The van der Waals surface area contributed by atoms with Crippen molar-refractivity contribution in [1.82, 2.24) is 9.03 Å². The first-order chi connectivity index (χ1) is 10.4. The lowest BCUT2D eigenvalue weighted by atomic mass is 9.77. The van der Waals surface area contributed by atoms with Crippen molar-refractivity contribution in [3.63, 3.8) is 0 Å². The predicted molar refractivity (Wildman–Crippen MR) is 81.7 cm³/mol. The Morgan fingerprint density at radius 3 is 2.45 bits per heavy atom. The van der Waals surface area contributed by atoms with E-state index in [1.165, 1.54) is 10.4 Å². The molecule has 0 spiro atoms. The third-order valence-electron chi connectivity index (χ3n) is 4.77. The number of fused-ring (bicyclic) bond motifs is 1. The molecule has 1 saturated carbocycles. The van der Waals surface area contributed by atoms with Crippen LogP contribution in [0, 0.1) is 18.8 Å². The van der Waals surface area contributed by atoms with Gasteiger partial charge in [-0.05, 0) is 48.8 Å². The number of carboxylic acids is 1. The minimum atomic E-state index is -3.46. The smallest absolute Gasteiger partial charge is 0.335 e. The number of benzene rings is 1. The summed E-state index contributed by atoms with van der Waals surface area (Å²) in [6.07, 6.45) is 2.26. The Labute approximate surface area is 130 Å². The van der Waals surface area contributed by atoms with E-state index in [1.54, 1.807) is 19.1 Å². The number of aryl methyl sites for hydroxylation is 1. The zero-order valence-electron chi connectivity index (χ0n) is 12.4. The van der Waals surface area contributed by atoms with E-state index in [2.05, 4.69) is 4.72 Å². The van der Waals surface area contributed by atoms with Gasteiger partial charge in [-0.3, -0.25) is 0 Å². The van der Waals surface area contributed by atoms with Crippen molar-refractivity contribution >= 4 is 16.2 Å². The average molecular weight is 324 g/mol. The number of carbonyl (C=O) groups is 1. The third-order valence-corrected chi connectivity index (χ3v) is 6.26. The van der Waals surface area contributed by atoms with E-state index in [0.717, 1.165) is 18.4 Å². The maximum Gasteiger partial charge on any atom is 0.335 e. The summed E-state index contributed by atoms with van der Waals surface area (Å²) in [5, 5.41) is 9.00. The van der Waals surface area contributed by atoms with Gasteiger partial charge >= 0.3 is 5.97 Å². The monoisotopic (exact) mass is 324 g/mol. The van der Waals surface area contributed by atoms with Gasteiger partial charge < -0.3 is 5.11 Å². The second kappa shape index (κ2) is 5.64. The molecule has 6 nitrogen and oxygen atoms in total. The zero-order chi connectivity index (χ0) is 15.9. The summed E-state index contributed by atoms with van der Waals surface area (Å²) in [5.74, 6) is 0.0968. The summed E-state index contributed by atoms with van der Waals surface area (Å²) < 4.78 is 28.8. The minimum absolute atomic E-state index is 0.176. The van der Waals surface area contributed by atoms with Crippen LogP contribution in [0.1, 0.15) is 34.3 Å². The van der Waals surface area contributed by atoms with Gasteiger partial charge in [-0.1, -0.05) is 12.1 Å². The van der Waals surface area contributed by atoms with Crippen LogP contribution in [0.3, 0.4) is 0 Å². The van der Waals surface area contributed by atoms with Gasteiger partial charge in [-0.15, -0.1) is 0 Å². The summed E-state index contributed by atoms with van der Waals surface area (Å²) in [5.41, 5.74) is 1.62. The Balaban J connectivity index is 1.64. The normalized spacial score (nSPS) is 24.8. The van der Waals surface area contributed by atoms with Crippen LogP contribution in [0.4, 0.5) is 0 Å². The molecule has 0 radical (unpaired) electrons. The van der Waals surface area contributed by atoms with Crippen LogP contribution < -0.4 is 4.72 Å². The summed E-state index contributed by atoms with van der Waals surface area (Å²) in [6, 6.07) is 4.86. The molecule has 0 aromatic heterocycles. The van der Waals surface area contributed by atoms with Crippen molar-refractivity contribution in [1.29, 1.82) is 0 Å². The van der Waals surface area contributed by atoms with Crippen molar-refractivity contribution in [3.05, 3.63) is 34.9 Å². The van der Waals surface area contributed by atoms with Crippen LogP contribution in [0.25, 0.3) is 0 Å². The molecule has 2 N–H and O–H groups in total. The van der Waals surface area contributed by atoms with E-state index in [1.807, 2.05) is 0 Å². The van der Waals surface area contributed by atoms with Crippen LogP contribution in [0.15, 0.2) is 18.2 Å². The van der Waals surface area contributed by atoms with E-state index >= 15 is 0 Å². The summed E-state index contributed by atoms with van der Waals surface area (Å²) >= 11 is 0. The first-order valence-corrected chi connectivity index (χ1v) is 8.88. The first-order valence-electron chi connectivity index (χ1n) is 7.44. The molecular formula is C15H20N2O4S. The quantitative estimate of drug-likeness (QED) is 0.856. The van der Waals surface area contributed by atoms with E-state index < -0.39 is 16.2 Å². The van der Waals surface area contributed by atoms with Gasteiger partial charge in [0.15, 0.2) is 0 Å². The predicted octanol–water partition coefficient (Wildman–Crippen LogP) is 1.37. The molecule has 120 valence electrons. The Hall–Kier alpha value is -1.44. The molecule has 1 heterocycles. The standard InChI is InChI=1S/C15H20N2O4S/c1-10-6-11(2-5-14(10)15(18)19)7-16-22(20,21)17-8-12-3-4-13(12)9-17/h2,5-6,12-13,16H,3-4,7-9H2,1H3,(H,18,19)/t12-,13+. The molecule has 2 atom stereocenters. The van der Waals surface area contributed by atoms with E-state index in [-0.39, 0.29) is 12.1 Å². The van der Waals surface area contributed by atoms with Crippen molar-refractivity contribution in [3.8, 4) is 0 Å². The van der Waals surface area contributed by atoms with Crippen molar-refractivity contribution in [2.24, 2.45) is 11.8 Å². The van der Waals surface area contributed by atoms with E-state index in [9.17, 15) is 13.2 Å². The Morgan fingerprint density at radius 1 is 1.32 bits per heavy atom. The fraction of sp³-hybridized carbons (Fsp3) is 0.533. The molecule has 22 heavy (non-hydrogen) atoms. The number of carboxylic acid groups (broad SMARTS) is 1. The first kappa shape index (κ1) is 15.5. The number of nitrogens with one attached hydrogen (secondary N) is 1. The average Bonchev–Trinajstić information content (AvgIpc) is 2.72. The number of hydrogen-bond acceptors (Lipinski definition) is 3. The van der Waals surface area contributed by atoms with Gasteiger partial charge in [0.05, 0.1) is 5.56 Å². The molecule has 3 rings (SSSR count). The second-order valence-corrected chi connectivity index (χ2v) is 7.95. The highest BCUT2D eigenvalue weighted by molar-refractivity contribution is 7.87. The molecule has 2 aliphatic rings. The van der Waals surface area contributed by atoms with Gasteiger partial charge in [0, 0.05) is 19.6 Å². The molecule has 2 fully saturated rings. The van der Waals surface area contributed by atoms with Crippen LogP contribution in [-0.2, 0) is 16.8 Å². The summed E-state index contributed by atoms with van der Waals surface area (Å²) in [7, 11) is -3.46. The molecule has 0 bridgehead atoms. The van der Waals surface area contributed by atoms with Gasteiger partial charge in [-0.25, -0.2) is 4.79 Å². The maximum absolute atomic E-state index is 12.3. The van der Waals surface area contributed by atoms with E-state index in [0.29, 0.717) is 30.5 Å².